The van der Waals surface area contributed by atoms with Crippen LogP contribution in [0.1, 0.15) is 21.0 Å². The van der Waals surface area contributed by atoms with E-state index in [0.29, 0.717) is 53.7 Å². The molecule has 4 heterocycles. The Morgan fingerprint density at radius 2 is 1.59 bits per heavy atom. The fourth-order valence-electron chi connectivity index (χ4n) is 3.97. The minimum absolute atomic E-state index is 0.00311. The molecule has 5 rings (SSSR count). The van der Waals surface area contributed by atoms with E-state index in [1.165, 1.54) is 22.7 Å². The molecule has 2 amide bonds. The molecule has 0 radical (unpaired) electrons. The van der Waals surface area contributed by atoms with E-state index in [0.717, 1.165) is 23.7 Å². The van der Waals surface area contributed by atoms with Crippen molar-refractivity contribution in [3.63, 3.8) is 0 Å². The summed E-state index contributed by atoms with van der Waals surface area (Å²) in [5.74, 6) is -0.0640. The number of halogens is 2. The number of hydrogen-bond acceptors (Lipinski definition) is 7. The number of carbonyl (C=O) groups excluding carboxylic acids is 2. The Morgan fingerprint density at radius 3 is 2.25 bits per heavy atom. The highest BCUT2D eigenvalue weighted by molar-refractivity contribution is 7.13. The average Bonchev–Trinajstić information content (AvgIpc) is 3.44. The Morgan fingerprint density at radius 1 is 0.906 bits per heavy atom. The van der Waals surface area contributed by atoms with Gasteiger partial charge in [0.2, 0.25) is 0 Å². The first-order valence-electron chi connectivity index (χ1n) is 10.1. The molecule has 0 spiro atoms. The first-order valence-corrected chi connectivity index (χ1v) is 12.7. The summed E-state index contributed by atoms with van der Waals surface area (Å²) < 4.78 is 0. The molecule has 11 heteroatoms. The van der Waals surface area contributed by atoms with Crippen LogP contribution in [-0.4, -0.2) is 81.8 Å². The number of likely N-dealkylation sites (tertiary alicyclic amines) is 1. The van der Waals surface area contributed by atoms with Gasteiger partial charge in [-0.2, -0.15) is 0 Å². The maximum absolute atomic E-state index is 12.8. The molecule has 32 heavy (non-hydrogen) atoms. The molecule has 0 atom stereocenters. The van der Waals surface area contributed by atoms with Crippen molar-refractivity contribution in [1.29, 1.82) is 0 Å². The second kappa shape index (κ2) is 9.07. The number of amides is 2. The van der Waals surface area contributed by atoms with E-state index >= 15 is 0 Å². The molecule has 2 saturated heterocycles. The summed E-state index contributed by atoms with van der Waals surface area (Å²) >= 11 is 15.0. The third-order valence-corrected chi connectivity index (χ3v) is 7.67. The Balaban J connectivity index is 1.14. The number of aromatic nitrogens is 2. The van der Waals surface area contributed by atoms with E-state index in [1.54, 1.807) is 34.5 Å². The molecular weight excluding hydrogens is 489 g/mol. The van der Waals surface area contributed by atoms with Gasteiger partial charge in [0.25, 0.3) is 11.8 Å². The molecule has 166 valence electrons. The lowest BCUT2D eigenvalue weighted by atomic mass is 10.1. The number of nitrogens with zero attached hydrogens (tertiary/aromatic N) is 5. The first kappa shape index (κ1) is 21.8. The molecule has 1 aromatic carbocycles. The van der Waals surface area contributed by atoms with Crippen LogP contribution >= 0.6 is 45.9 Å². The molecule has 0 bridgehead atoms. The van der Waals surface area contributed by atoms with Gasteiger partial charge in [0.15, 0.2) is 0 Å². The smallest absolute Gasteiger partial charge is 0.273 e. The second-order valence-electron chi connectivity index (χ2n) is 7.76. The van der Waals surface area contributed by atoms with Gasteiger partial charge in [0, 0.05) is 71.7 Å². The van der Waals surface area contributed by atoms with Crippen molar-refractivity contribution in [2.24, 2.45) is 0 Å². The third-order valence-electron chi connectivity index (χ3n) is 5.75. The van der Waals surface area contributed by atoms with Crippen LogP contribution in [0.3, 0.4) is 0 Å². The maximum Gasteiger partial charge on any atom is 0.273 e. The van der Waals surface area contributed by atoms with Crippen molar-refractivity contribution in [2.45, 2.75) is 6.04 Å². The van der Waals surface area contributed by atoms with E-state index in [2.05, 4.69) is 14.9 Å². The predicted molar refractivity (Wildman–Crippen MR) is 127 cm³/mol. The van der Waals surface area contributed by atoms with Crippen molar-refractivity contribution < 1.29 is 9.59 Å². The van der Waals surface area contributed by atoms with Crippen LogP contribution in [0.15, 0.2) is 34.5 Å². The quantitative estimate of drug-likeness (QED) is 0.536. The van der Waals surface area contributed by atoms with Gasteiger partial charge in [-0.3, -0.25) is 14.5 Å². The summed E-state index contributed by atoms with van der Waals surface area (Å²) in [6, 6.07) is 5.57. The van der Waals surface area contributed by atoms with Crippen molar-refractivity contribution in [3.8, 4) is 10.6 Å². The molecule has 0 saturated carbocycles. The number of hydrogen-bond donors (Lipinski definition) is 0. The zero-order valence-corrected chi connectivity index (χ0v) is 20.1. The number of thiazole rings is 2. The van der Waals surface area contributed by atoms with Crippen molar-refractivity contribution in [2.75, 3.05) is 39.3 Å². The van der Waals surface area contributed by atoms with Crippen LogP contribution in [0.2, 0.25) is 10.0 Å². The molecule has 3 aromatic rings. The van der Waals surface area contributed by atoms with Crippen LogP contribution in [0.4, 0.5) is 0 Å². The van der Waals surface area contributed by atoms with Crippen LogP contribution in [0.25, 0.3) is 10.6 Å². The van der Waals surface area contributed by atoms with E-state index in [4.69, 9.17) is 23.2 Å². The van der Waals surface area contributed by atoms with E-state index in [-0.39, 0.29) is 11.8 Å². The third kappa shape index (κ3) is 4.40. The predicted octanol–water partition coefficient (Wildman–Crippen LogP) is 3.86. The molecule has 2 aliphatic heterocycles. The average molecular weight is 508 g/mol. The zero-order chi connectivity index (χ0) is 22.2. The van der Waals surface area contributed by atoms with Crippen molar-refractivity contribution >= 4 is 57.7 Å². The molecule has 2 fully saturated rings. The Hall–Kier alpha value is -2.04. The lowest BCUT2D eigenvalue weighted by Gasteiger charge is -2.47. The van der Waals surface area contributed by atoms with Gasteiger partial charge in [0.1, 0.15) is 16.4 Å². The highest BCUT2D eigenvalue weighted by Crippen LogP contribution is 2.30. The van der Waals surface area contributed by atoms with Gasteiger partial charge in [-0.15, -0.1) is 22.7 Å². The molecule has 2 aliphatic rings. The largest absolute Gasteiger partial charge is 0.335 e. The second-order valence-corrected chi connectivity index (χ2v) is 10.2. The van der Waals surface area contributed by atoms with E-state index in [9.17, 15) is 9.59 Å². The van der Waals surface area contributed by atoms with Gasteiger partial charge in [-0.25, -0.2) is 9.97 Å². The fourth-order valence-corrected chi connectivity index (χ4v) is 5.80. The number of benzene rings is 1. The Bertz CT molecular complexity index is 1120. The summed E-state index contributed by atoms with van der Waals surface area (Å²) in [4.78, 5) is 39.9. The van der Waals surface area contributed by atoms with Gasteiger partial charge >= 0.3 is 0 Å². The highest BCUT2D eigenvalue weighted by Gasteiger charge is 2.37. The van der Waals surface area contributed by atoms with Gasteiger partial charge in [0.05, 0.1) is 5.51 Å². The van der Waals surface area contributed by atoms with Gasteiger partial charge in [-0.1, -0.05) is 23.2 Å². The summed E-state index contributed by atoms with van der Waals surface area (Å²) in [7, 11) is 0. The fraction of sp³-hybridized carbons (Fsp3) is 0.333. The molecule has 0 unspecified atom stereocenters. The lowest BCUT2D eigenvalue weighted by Crippen LogP contribution is -2.64. The van der Waals surface area contributed by atoms with Crippen molar-refractivity contribution in [3.05, 3.63) is 55.9 Å². The SMILES string of the molecule is O=C(c1cscn1)N1CCN(C2CN(C(=O)c3csc(-c4cc(Cl)cc(Cl)c4)n3)C2)CC1. The van der Waals surface area contributed by atoms with Crippen LogP contribution in [-0.2, 0) is 0 Å². The minimum Gasteiger partial charge on any atom is -0.335 e. The minimum atomic E-state index is -0.0609. The molecule has 0 N–H and O–H groups in total. The number of piperazine rings is 1. The van der Waals surface area contributed by atoms with E-state index in [1.807, 2.05) is 9.80 Å². The topological polar surface area (TPSA) is 69.6 Å². The monoisotopic (exact) mass is 507 g/mol. The summed E-state index contributed by atoms with van der Waals surface area (Å²) in [5.41, 5.74) is 3.45. The number of carbonyl (C=O) groups is 2. The molecule has 2 aromatic heterocycles. The summed E-state index contributed by atoms with van der Waals surface area (Å²) in [5, 5.41) is 5.36. The Labute approximate surface area is 203 Å². The zero-order valence-electron chi connectivity index (χ0n) is 16.9. The molecular formula is C21H19Cl2N5O2S2. The summed E-state index contributed by atoms with van der Waals surface area (Å²) in [6.45, 7) is 4.32. The van der Waals surface area contributed by atoms with Crippen LogP contribution in [0, 0.1) is 0 Å². The van der Waals surface area contributed by atoms with Gasteiger partial charge in [-0.05, 0) is 18.2 Å². The van der Waals surface area contributed by atoms with Crippen LogP contribution in [0.5, 0.6) is 0 Å². The van der Waals surface area contributed by atoms with Crippen molar-refractivity contribution in [1.82, 2.24) is 24.7 Å². The van der Waals surface area contributed by atoms with E-state index < -0.39 is 0 Å². The number of rotatable bonds is 4. The summed E-state index contributed by atoms with van der Waals surface area (Å²) in [6.07, 6.45) is 0. The highest BCUT2D eigenvalue weighted by atomic mass is 35.5. The normalized spacial score (nSPS) is 17.4. The van der Waals surface area contributed by atoms with Gasteiger partial charge < -0.3 is 9.80 Å². The molecule has 0 aliphatic carbocycles. The Kier molecular flexibility index (Phi) is 6.18. The molecule has 7 nitrogen and oxygen atoms in total. The first-order chi connectivity index (χ1) is 15.5. The lowest BCUT2D eigenvalue weighted by molar-refractivity contribution is 0.00818. The standard InChI is InChI=1S/C21H19Cl2N5O2S2/c22-14-5-13(6-15(23)7-14)19-25-18(11-32-19)21(30)28-8-16(9-28)26-1-3-27(4-2-26)20(29)17-10-31-12-24-17/h5-7,10-12,16H,1-4,8-9H2. The maximum atomic E-state index is 12.8. The van der Waals surface area contributed by atoms with Crippen LogP contribution < -0.4 is 0 Å².